The smallest absolute Gasteiger partial charge is 0.0375 e. The third-order valence-corrected chi connectivity index (χ3v) is 2.85. The second kappa shape index (κ2) is 2.51. The SMILES string of the molecule is CNc1ccccc1C1(C)CC1. The largest absolute Gasteiger partial charge is 0.388 e. The molecule has 64 valence electrons. The number of anilines is 1. The summed E-state index contributed by atoms with van der Waals surface area (Å²) in [5.41, 5.74) is 3.24. The minimum Gasteiger partial charge on any atom is -0.388 e. The highest BCUT2D eigenvalue weighted by atomic mass is 14.8. The minimum absolute atomic E-state index is 0.472. The summed E-state index contributed by atoms with van der Waals surface area (Å²) in [5, 5.41) is 3.24. The van der Waals surface area contributed by atoms with E-state index in [1.54, 1.807) is 0 Å². The van der Waals surface area contributed by atoms with E-state index in [9.17, 15) is 0 Å². The summed E-state index contributed by atoms with van der Waals surface area (Å²) in [6, 6.07) is 8.60. The summed E-state index contributed by atoms with van der Waals surface area (Å²) in [7, 11) is 1.99. The molecule has 12 heavy (non-hydrogen) atoms. The average Bonchev–Trinajstić information content (AvgIpc) is 2.85. The molecule has 0 aromatic heterocycles. The van der Waals surface area contributed by atoms with Gasteiger partial charge in [-0.2, -0.15) is 0 Å². The first-order valence-electron chi connectivity index (χ1n) is 4.53. The van der Waals surface area contributed by atoms with Crippen LogP contribution in [-0.2, 0) is 5.41 Å². The maximum Gasteiger partial charge on any atom is 0.0375 e. The summed E-state index contributed by atoms with van der Waals surface area (Å²) in [6.45, 7) is 2.34. The van der Waals surface area contributed by atoms with Gasteiger partial charge < -0.3 is 5.32 Å². The molecule has 0 spiro atoms. The lowest BCUT2D eigenvalue weighted by molar-refractivity contribution is 0.790. The lowest BCUT2D eigenvalue weighted by atomic mass is 9.96. The van der Waals surface area contributed by atoms with Crippen molar-refractivity contribution >= 4 is 5.69 Å². The zero-order valence-corrected chi connectivity index (χ0v) is 7.72. The van der Waals surface area contributed by atoms with Crippen molar-refractivity contribution in [2.45, 2.75) is 25.2 Å². The van der Waals surface area contributed by atoms with Crippen LogP contribution in [0.3, 0.4) is 0 Å². The number of nitrogens with one attached hydrogen (secondary N) is 1. The Kier molecular flexibility index (Phi) is 1.60. The number of hydrogen-bond donors (Lipinski definition) is 1. The number of rotatable bonds is 2. The predicted molar refractivity (Wildman–Crippen MR) is 52.6 cm³/mol. The van der Waals surface area contributed by atoms with E-state index >= 15 is 0 Å². The van der Waals surface area contributed by atoms with E-state index in [-0.39, 0.29) is 0 Å². The zero-order chi connectivity index (χ0) is 8.60. The molecule has 0 bridgehead atoms. The van der Waals surface area contributed by atoms with Crippen LogP contribution in [0, 0.1) is 0 Å². The summed E-state index contributed by atoms with van der Waals surface area (Å²) < 4.78 is 0. The summed E-state index contributed by atoms with van der Waals surface area (Å²) in [6.07, 6.45) is 2.68. The Morgan fingerprint density at radius 3 is 2.50 bits per heavy atom. The second-order valence-electron chi connectivity index (χ2n) is 3.86. The van der Waals surface area contributed by atoms with Crippen LogP contribution in [0.5, 0.6) is 0 Å². The Morgan fingerprint density at radius 2 is 1.92 bits per heavy atom. The molecular weight excluding hydrogens is 146 g/mol. The molecule has 1 aliphatic rings. The maximum absolute atomic E-state index is 3.24. The monoisotopic (exact) mass is 161 g/mol. The van der Waals surface area contributed by atoms with E-state index in [0.717, 1.165) is 0 Å². The first kappa shape index (κ1) is 7.66. The third kappa shape index (κ3) is 1.09. The van der Waals surface area contributed by atoms with Gasteiger partial charge in [0, 0.05) is 12.7 Å². The quantitative estimate of drug-likeness (QED) is 0.703. The van der Waals surface area contributed by atoms with Gasteiger partial charge in [-0.3, -0.25) is 0 Å². The van der Waals surface area contributed by atoms with Crippen molar-refractivity contribution in [1.82, 2.24) is 0 Å². The fourth-order valence-electron chi connectivity index (χ4n) is 1.68. The van der Waals surface area contributed by atoms with Crippen LogP contribution in [0.2, 0.25) is 0 Å². The van der Waals surface area contributed by atoms with E-state index < -0.39 is 0 Å². The highest BCUT2D eigenvalue weighted by Crippen LogP contribution is 2.49. The number of hydrogen-bond acceptors (Lipinski definition) is 1. The van der Waals surface area contributed by atoms with Crippen molar-refractivity contribution in [2.24, 2.45) is 0 Å². The van der Waals surface area contributed by atoms with Crippen LogP contribution < -0.4 is 5.32 Å². The molecule has 0 heterocycles. The second-order valence-corrected chi connectivity index (χ2v) is 3.86. The maximum atomic E-state index is 3.24. The summed E-state index contributed by atoms with van der Waals surface area (Å²) in [4.78, 5) is 0. The molecular formula is C11H15N. The number of para-hydroxylation sites is 1. The summed E-state index contributed by atoms with van der Waals surface area (Å²) >= 11 is 0. The molecule has 2 rings (SSSR count). The van der Waals surface area contributed by atoms with Gasteiger partial charge >= 0.3 is 0 Å². The molecule has 1 aromatic rings. The topological polar surface area (TPSA) is 12.0 Å². The molecule has 0 saturated heterocycles. The van der Waals surface area contributed by atoms with Gasteiger partial charge in [0.1, 0.15) is 0 Å². The van der Waals surface area contributed by atoms with Gasteiger partial charge in [-0.05, 0) is 29.9 Å². The van der Waals surface area contributed by atoms with Crippen LogP contribution in [0.15, 0.2) is 24.3 Å². The lowest BCUT2D eigenvalue weighted by Crippen LogP contribution is -2.04. The Hall–Kier alpha value is -0.980. The van der Waals surface area contributed by atoms with E-state index in [1.165, 1.54) is 24.1 Å². The molecule has 0 amide bonds. The van der Waals surface area contributed by atoms with Crippen molar-refractivity contribution in [1.29, 1.82) is 0 Å². The molecule has 0 aliphatic heterocycles. The molecule has 0 atom stereocenters. The Labute approximate surface area is 73.8 Å². The van der Waals surface area contributed by atoms with Crippen molar-refractivity contribution < 1.29 is 0 Å². The van der Waals surface area contributed by atoms with Gasteiger partial charge in [0.25, 0.3) is 0 Å². The van der Waals surface area contributed by atoms with Gasteiger partial charge in [0.05, 0.1) is 0 Å². The molecule has 1 saturated carbocycles. The molecule has 1 N–H and O–H groups in total. The van der Waals surface area contributed by atoms with Crippen molar-refractivity contribution in [2.75, 3.05) is 12.4 Å². The van der Waals surface area contributed by atoms with Crippen LogP contribution in [0.4, 0.5) is 5.69 Å². The van der Waals surface area contributed by atoms with Crippen LogP contribution in [-0.4, -0.2) is 7.05 Å². The van der Waals surface area contributed by atoms with Crippen LogP contribution in [0.25, 0.3) is 0 Å². The molecule has 1 aliphatic carbocycles. The first-order valence-corrected chi connectivity index (χ1v) is 4.53. The Bertz CT molecular complexity index is 287. The highest BCUT2D eigenvalue weighted by Gasteiger charge is 2.40. The molecule has 1 nitrogen and oxygen atoms in total. The van der Waals surface area contributed by atoms with Crippen molar-refractivity contribution in [3.05, 3.63) is 29.8 Å². The van der Waals surface area contributed by atoms with Gasteiger partial charge in [-0.25, -0.2) is 0 Å². The van der Waals surface area contributed by atoms with Crippen LogP contribution in [0.1, 0.15) is 25.3 Å². The average molecular weight is 161 g/mol. The molecule has 1 aromatic carbocycles. The Balaban J connectivity index is 2.42. The fraction of sp³-hybridized carbons (Fsp3) is 0.455. The molecule has 0 radical (unpaired) electrons. The van der Waals surface area contributed by atoms with Gasteiger partial charge in [-0.15, -0.1) is 0 Å². The highest BCUT2D eigenvalue weighted by molar-refractivity contribution is 5.55. The lowest BCUT2D eigenvalue weighted by Gasteiger charge is -2.13. The Morgan fingerprint density at radius 1 is 1.25 bits per heavy atom. The van der Waals surface area contributed by atoms with Gasteiger partial charge in [0.15, 0.2) is 0 Å². The zero-order valence-electron chi connectivity index (χ0n) is 7.72. The third-order valence-electron chi connectivity index (χ3n) is 2.85. The van der Waals surface area contributed by atoms with Crippen molar-refractivity contribution in [3.8, 4) is 0 Å². The van der Waals surface area contributed by atoms with E-state index in [0.29, 0.717) is 5.41 Å². The predicted octanol–water partition coefficient (Wildman–Crippen LogP) is 2.78. The fourth-order valence-corrected chi connectivity index (χ4v) is 1.68. The number of benzene rings is 1. The van der Waals surface area contributed by atoms with Gasteiger partial charge in [0.2, 0.25) is 0 Å². The van der Waals surface area contributed by atoms with Gasteiger partial charge in [-0.1, -0.05) is 25.1 Å². The first-order chi connectivity index (χ1) is 5.76. The van der Waals surface area contributed by atoms with E-state index in [4.69, 9.17) is 0 Å². The molecule has 0 unspecified atom stereocenters. The molecule has 1 heteroatoms. The normalized spacial score (nSPS) is 18.8. The van der Waals surface area contributed by atoms with E-state index in [1.807, 2.05) is 7.05 Å². The van der Waals surface area contributed by atoms with Crippen molar-refractivity contribution in [3.63, 3.8) is 0 Å². The van der Waals surface area contributed by atoms with E-state index in [2.05, 4.69) is 36.5 Å². The summed E-state index contributed by atoms with van der Waals surface area (Å²) in [5.74, 6) is 0. The molecule has 1 fully saturated rings. The van der Waals surface area contributed by atoms with Crippen LogP contribution >= 0.6 is 0 Å². The minimum atomic E-state index is 0.472. The standard InChI is InChI=1S/C11H15N/c1-11(7-8-11)9-5-3-4-6-10(9)12-2/h3-6,12H,7-8H2,1-2H3.